The summed E-state index contributed by atoms with van der Waals surface area (Å²) in [7, 11) is 0. The quantitative estimate of drug-likeness (QED) is 0.623. The summed E-state index contributed by atoms with van der Waals surface area (Å²) < 4.78 is 14.8. The van der Waals surface area contributed by atoms with Gasteiger partial charge in [-0.2, -0.15) is 0 Å². The van der Waals surface area contributed by atoms with Gasteiger partial charge in [-0.05, 0) is 0 Å². The van der Waals surface area contributed by atoms with Crippen molar-refractivity contribution in [2.45, 2.75) is 18.6 Å². The molecule has 0 aromatic carbocycles. The van der Waals surface area contributed by atoms with Crippen molar-refractivity contribution in [2.75, 3.05) is 6.61 Å². The Labute approximate surface area is 94.7 Å². The number of nitrogens with zero attached hydrogens (tertiary/aromatic N) is 1. The highest BCUT2D eigenvalue weighted by molar-refractivity contribution is 5.24. The Morgan fingerprint density at radius 1 is 1.53 bits per heavy atom. The van der Waals surface area contributed by atoms with Crippen molar-refractivity contribution in [3.05, 3.63) is 44.5 Å². The van der Waals surface area contributed by atoms with E-state index in [9.17, 15) is 19.1 Å². The minimum absolute atomic E-state index is 0.0341. The van der Waals surface area contributed by atoms with Crippen LogP contribution >= 0.6 is 0 Å². The number of aromatic nitrogens is 2. The lowest BCUT2D eigenvalue weighted by Gasteiger charge is -2.12. The van der Waals surface area contributed by atoms with Gasteiger partial charge in [-0.15, -0.1) is 0 Å². The summed E-state index contributed by atoms with van der Waals surface area (Å²) in [5, 5.41) is 18.4. The first kappa shape index (κ1) is 11.7. The summed E-state index contributed by atoms with van der Waals surface area (Å²) in [5.41, 5.74) is -1.44. The summed E-state index contributed by atoms with van der Waals surface area (Å²) in [6, 6.07) is 0.120. The van der Waals surface area contributed by atoms with Crippen molar-refractivity contribution in [1.29, 1.82) is 0 Å². The maximum atomic E-state index is 13.8. The average Bonchev–Trinajstić information content (AvgIpc) is 2.54. The molecule has 6 nitrogen and oxygen atoms in total. The highest BCUT2D eigenvalue weighted by Gasteiger charge is 2.34. The van der Waals surface area contributed by atoms with E-state index in [0.717, 1.165) is 10.6 Å². The van der Waals surface area contributed by atoms with Gasteiger partial charge in [0.25, 0.3) is 5.56 Å². The van der Waals surface area contributed by atoms with Crippen LogP contribution < -0.4 is 11.2 Å². The molecule has 1 aromatic heterocycles. The molecular formula is C10H11FN2O4. The van der Waals surface area contributed by atoms with Crippen LogP contribution in [0.5, 0.6) is 0 Å². The van der Waals surface area contributed by atoms with Crippen molar-refractivity contribution in [3.8, 4) is 0 Å². The van der Waals surface area contributed by atoms with E-state index in [4.69, 9.17) is 5.11 Å². The zero-order chi connectivity index (χ0) is 12.6. The molecule has 92 valence electrons. The topological polar surface area (TPSA) is 95.3 Å². The second-order valence-electron chi connectivity index (χ2n) is 3.82. The van der Waals surface area contributed by atoms with Crippen molar-refractivity contribution >= 4 is 0 Å². The van der Waals surface area contributed by atoms with E-state index in [2.05, 4.69) is 0 Å². The third kappa shape index (κ3) is 1.94. The number of nitrogens with one attached hydrogen (secondary N) is 1. The molecule has 7 heteroatoms. The molecule has 3 N–H and O–H groups in total. The van der Waals surface area contributed by atoms with E-state index in [1.807, 2.05) is 4.98 Å². The fourth-order valence-electron chi connectivity index (χ4n) is 1.92. The highest BCUT2D eigenvalue weighted by atomic mass is 19.1. The molecule has 0 unspecified atom stereocenters. The van der Waals surface area contributed by atoms with E-state index in [-0.39, 0.29) is 12.0 Å². The Balaban J connectivity index is 2.47. The Kier molecular flexibility index (Phi) is 2.95. The first-order valence-corrected chi connectivity index (χ1v) is 5.03. The van der Waals surface area contributed by atoms with Crippen LogP contribution in [0.2, 0.25) is 0 Å². The minimum atomic E-state index is -1.11. The molecule has 2 rings (SSSR count). The standard InChI is InChI=1S/C10H11FN2O4/c11-9-5(4-14)7(15)3-6(9)13-2-1-8(16)12-10(13)17/h1-2,6-7,14-15H,3-4H2,(H,12,16,17)/t6-,7-/m0/s1. The van der Waals surface area contributed by atoms with Gasteiger partial charge in [0.1, 0.15) is 5.83 Å². The van der Waals surface area contributed by atoms with E-state index in [0.29, 0.717) is 0 Å². The lowest BCUT2D eigenvalue weighted by Crippen LogP contribution is -2.31. The highest BCUT2D eigenvalue weighted by Crippen LogP contribution is 2.35. The number of rotatable bonds is 2. The summed E-state index contributed by atoms with van der Waals surface area (Å²) in [6.07, 6.45) is 0.0235. The fourth-order valence-corrected chi connectivity index (χ4v) is 1.92. The molecule has 0 aliphatic heterocycles. The maximum absolute atomic E-state index is 13.8. The molecule has 0 bridgehead atoms. The van der Waals surface area contributed by atoms with E-state index < -0.39 is 35.8 Å². The van der Waals surface area contributed by atoms with Crippen molar-refractivity contribution in [1.82, 2.24) is 9.55 Å². The molecule has 17 heavy (non-hydrogen) atoms. The smallest absolute Gasteiger partial charge is 0.328 e. The van der Waals surface area contributed by atoms with Crippen LogP contribution in [0.4, 0.5) is 4.39 Å². The van der Waals surface area contributed by atoms with Gasteiger partial charge in [0.2, 0.25) is 0 Å². The molecule has 1 aliphatic carbocycles. The number of hydrogen-bond donors (Lipinski definition) is 3. The molecule has 0 saturated heterocycles. The lowest BCUT2D eigenvalue weighted by molar-refractivity contribution is 0.181. The maximum Gasteiger partial charge on any atom is 0.328 e. The van der Waals surface area contributed by atoms with E-state index >= 15 is 0 Å². The molecule has 0 radical (unpaired) electrons. The van der Waals surface area contributed by atoms with Crippen LogP contribution in [0.1, 0.15) is 12.5 Å². The molecule has 1 aliphatic rings. The van der Waals surface area contributed by atoms with Gasteiger partial charge in [-0.1, -0.05) is 0 Å². The van der Waals surface area contributed by atoms with Crippen molar-refractivity contribution in [2.24, 2.45) is 0 Å². The summed E-state index contributed by atoms with van der Waals surface area (Å²) in [6.45, 7) is -0.596. The SMILES string of the molecule is O=c1ccn([C@H]2C[C@H](O)C(CO)=C2F)c(=O)[nH]1. The largest absolute Gasteiger partial charge is 0.392 e. The van der Waals surface area contributed by atoms with Gasteiger partial charge in [0, 0.05) is 24.3 Å². The lowest BCUT2D eigenvalue weighted by atomic mass is 10.2. The molecule has 2 atom stereocenters. The number of aliphatic hydroxyl groups excluding tert-OH is 2. The number of halogens is 1. The second kappa shape index (κ2) is 4.27. The second-order valence-corrected chi connectivity index (χ2v) is 3.82. The predicted molar refractivity (Wildman–Crippen MR) is 56.2 cm³/mol. The summed E-state index contributed by atoms with van der Waals surface area (Å²) in [5.74, 6) is -0.728. The third-order valence-corrected chi connectivity index (χ3v) is 2.81. The summed E-state index contributed by atoms with van der Waals surface area (Å²) in [4.78, 5) is 24.3. The van der Waals surface area contributed by atoms with Gasteiger partial charge in [0.15, 0.2) is 0 Å². The number of aliphatic hydroxyl groups is 2. The Morgan fingerprint density at radius 2 is 2.24 bits per heavy atom. The molecule has 0 spiro atoms. The first-order chi connectivity index (χ1) is 8.04. The zero-order valence-corrected chi connectivity index (χ0v) is 8.76. The van der Waals surface area contributed by atoms with Crippen molar-refractivity contribution in [3.63, 3.8) is 0 Å². The third-order valence-electron chi connectivity index (χ3n) is 2.81. The number of hydrogen-bond acceptors (Lipinski definition) is 4. The number of allylic oxidation sites excluding steroid dienone is 1. The minimum Gasteiger partial charge on any atom is -0.392 e. The van der Waals surface area contributed by atoms with Crippen LogP contribution in [0.3, 0.4) is 0 Å². The number of aromatic amines is 1. The average molecular weight is 242 g/mol. The predicted octanol–water partition coefficient (Wildman–Crippen LogP) is -0.942. The normalized spacial score (nSPS) is 24.4. The molecule has 1 aromatic rings. The Hall–Kier alpha value is -1.73. The van der Waals surface area contributed by atoms with Crippen LogP contribution in [-0.4, -0.2) is 32.5 Å². The molecule has 0 fully saturated rings. The van der Waals surface area contributed by atoms with Crippen LogP contribution in [0, 0.1) is 0 Å². The van der Waals surface area contributed by atoms with Gasteiger partial charge in [-0.25, -0.2) is 9.18 Å². The molecule has 1 heterocycles. The number of H-pyrrole nitrogens is 1. The van der Waals surface area contributed by atoms with Crippen LogP contribution in [-0.2, 0) is 0 Å². The van der Waals surface area contributed by atoms with Crippen LogP contribution in [0.15, 0.2) is 33.3 Å². The van der Waals surface area contributed by atoms with Gasteiger partial charge >= 0.3 is 5.69 Å². The van der Waals surface area contributed by atoms with Gasteiger partial charge in [0.05, 0.1) is 18.8 Å². The molecular weight excluding hydrogens is 231 g/mol. The van der Waals surface area contributed by atoms with E-state index in [1.54, 1.807) is 0 Å². The van der Waals surface area contributed by atoms with Gasteiger partial charge < -0.3 is 10.2 Å². The Morgan fingerprint density at radius 3 is 2.76 bits per heavy atom. The van der Waals surface area contributed by atoms with Crippen molar-refractivity contribution < 1.29 is 14.6 Å². The van der Waals surface area contributed by atoms with E-state index in [1.165, 1.54) is 6.20 Å². The molecule has 0 amide bonds. The zero-order valence-electron chi connectivity index (χ0n) is 8.76. The first-order valence-electron chi connectivity index (χ1n) is 5.03. The Bertz CT molecular complexity index is 574. The molecule has 0 saturated carbocycles. The van der Waals surface area contributed by atoms with Gasteiger partial charge in [-0.3, -0.25) is 14.3 Å². The fraction of sp³-hybridized carbons (Fsp3) is 0.400. The monoisotopic (exact) mass is 242 g/mol. The summed E-state index contributed by atoms with van der Waals surface area (Å²) >= 11 is 0. The van der Waals surface area contributed by atoms with Crippen LogP contribution in [0.25, 0.3) is 0 Å².